The van der Waals surface area contributed by atoms with Crippen molar-refractivity contribution in [3.05, 3.63) is 23.8 Å². The first kappa shape index (κ1) is 12.7. The van der Waals surface area contributed by atoms with Gasteiger partial charge in [-0.1, -0.05) is 0 Å². The smallest absolute Gasteiger partial charge is 0.248 e. The van der Waals surface area contributed by atoms with E-state index in [1.54, 1.807) is 18.2 Å². The molecule has 1 fully saturated rings. The summed E-state index contributed by atoms with van der Waals surface area (Å²) in [5.74, 6) is -0.449. The van der Waals surface area contributed by atoms with Crippen molar-refractivity contribution < 1.29 is 9.53 Å². The molecule has 1 aliphatic heterocycles. The van der Waals surface area contributed by atoms with Gasteiger partial charge < -0.3 is 21.5 Å². The Morgan fingerprint density at radius 3 is 2.67 bits per heavy atom. The predicted molar refractivity (Wildman–Crippen MR) is 71.5 cm³/mol. The number of hydrogen-bond donors (Lipinski definition) is 3. The summed E-state index contributed by atoms with van der Waals surface area (Å²) in [5.41, 5.74) is 13.0. The Morgan fingerprint density at radius 1 is 1.39 bits per heavy atom. The van der Waals surface area contributed by atoms with Crippen LogP contribution in [0.2, 0.25) is 0 Å². The molecule has 1 amide bonds. The van der Waals surface area contributed by atoms with Crippen LogP contribution < -0.4 is 16.8 Å². The van der Waals surface area contributed by atoms with Gasteiger partial charge in [-0.25, -0.2) is 0 Å². The molecular weight excluding hydrogens is 230 g/mol. The number of ether oxygens (including phenoxy) is 1. The van der Waals surface area contributed by atoms with Gasteiger partial charge in [0.05, 0.1) is 11.4 Å². The first-order valence-electron chi connectivity index (χ1n) is 6.05. The molecule has 5 N–H and O–H groups in total. The number of amides is 1. The highest BCUT2D eigenvalue weighted by molar-refractivity contribution is 5.95. The lowest BCUT2D eigenvalue weighted by Gasteiger charge is -2.35. The van der Waals surface area contributed by atoms with Crippen LogP contribution >= 0.6 is 0 Å². The third-order valence-electron chi connectivity index (χ3n) is 3.37. The molecule has 0 saturated carbocycles. The molecule has 1 aromatic carbocycles. The zero-order chi connectivity index (χ0) is 13.2. The molecule has 18 heavy (non-hydrogen) atoms. The van der Waals surface area contributed by atoms with E-state index in [2.05, 4.69) is 12.2 Å². The average Bonchev–Trinajstić information content (AvgIpc) is 2.32. The molecule has 0 spiro atoms. The molecule has 1 aromatic rings. The molecular formula is C13H19N3O2. The van der Waals surface area contributed by atoms with Gasteiger partial charge in [-0.2, -0.15) is 0 Å². The maximum atomic E-state index is 11.2. The van der Waals surface area contributed by atoms with Gasteiger partial charge in [0.15, 0.2) is 0 Å². The summed E-state index contributed by atoms with van der Waals surface area (Å²) in [6, 6.07) is 5.04. The first-order valence-corrected chi connectivity index (χ1v) is 6.05. The number of nitrogens with one attached hydrogen (secondary N) is 1. The summed E-state index contributed by atoms with van der Waals surface area (Å²) in [7, 11) is 0. The Labute approximate surface area is 106 Å². The monoisotopic (exact) mass is 249 g/mol. The number of benzene rings is 1. The van der Waals surface area contributed by atoms with Crippen molar-refractivity contribution in [2.24, 2.45) is 5.73 Å². The molecule has 1 heterocycles. The van der Waals surface area contributed by atoms with E-state index in [1.807, 2.05) is 0 Å². The lowest BCUT2D eigenvalue weighted by atomic mass is 9.92. The quantitative estimate of drug-likeness (QED) is 0.705. The maximum absolute atomic E-state index is 11.2. The van der Waals surface area contributed by atoms with E-state index in [4.69, 9.17) is 16.2 Å². The van der Waals surface area contributed by atoms with Crippen molar-refractivity contribution in [1.82, 2.24) is 0 Å². The van der Waals surface area contributed by atoms with Crippen LogP contribution in [0.3, 0.4) is 0 Å². The van der Waals surface area contributed by atoms with E-state index >= 15 is 0 Å². The molecule has 5 nitrogen and oxygen atoms in total. The second-order valence-corrected chi connectivity index (χ2v) is 4.96. The SMILES string of the molecule is CC1(Nc2cc(C(N)=O)ccc2N)CCOCC1. The molecule has 0 aliphatic carbocycles. The summed E-state index contributed by atoms with van der Waals surface area (Å²) in [6.45, 7) is 3.60. The third kappa shape index (κ3) is 2.73. The fraction of sp³-hybridized carbons (Fsp3) is 0.462. The lowest BCUT2D eigenvalue weighted by molar-refractivity contribution is 0.0658. The first-order chi connectivity index (χ1) is 8.50. The molecule has 0 aromatic heterocycles. The number of rotatable bonds is 3. The van der Waals surface area contributed by atoms with Crippen LogP contribution in [-0.4, -0.2) is 24.7 Å². The second-order valence-electron chi connectivity index (χ2n) is 4.96. The Morgan fingerprint density at radius 2 is 2.06 bits per heavy atom. The summed E-state index contributed by atoms with van der Waals surface area (Å²) in [5, 5.41) is 3.41. The predicted octanol–water partition coefficient (Wildman–Crippen LogP) is 1.35. The molecule has 0 atom stereocenters. The zero-order valence-electron chi connectivity index (χ0n) is 10.5. The summed E-state index contributed by atoms with van der Waals surface area (Å²) in [4.78, 5) is 11.2. The van der Waals surface area contributed by atoms with Crippen molar-refractivity contribution >= 4 is 17.3 Å². The average molecular weight is 249 g/mol. The number of carbonyl (C=O) groups excluding carboxylic acids is 1. The highest BCUT2D eigenvalue weighted by Gasteiger charge is 2.27. The summed E-state index contributed by atoms with van der Waals surface area (Å²) in [6.07, 6.45) is 1.82. The molecule has 0 radical (unpaired) electrons. The Hall–Kier alpha value is -1.75. The number of anilines is 2. The van der Waals surface area contributed by atoms with E-state index in [1.165, 1.54) is 0 Å². The molecule has 0 unspecified atom stereocenters. The maximum Gasteiger partial charge on any atom is 0.248 e. The highest BCUT2D eigenvalue weighted by Crippen LogP contribution is 2.29. The molecule has 1 saturated heterocycles. The van der Waals surface area contributed by atoms with E-state index in [-0.39, 0.29) is 5.54 Å². The van der Waals surface area contributed by atoms with Crippen molar-refractivity contribution in [2.45, 2.75) is 25.3 Å². The minimum absolute atomic E-state index is 0.0529. The molecule has 98 valence electrons. The normalized spacial score (nSPS) is 18.3. The minimum Gasteiger partial charge on any atom is -0.397 e. The van der Waals surface area contributed by atoms with Crippen molar-refractivity contribution in [1.29, 1.82) is 0 Å². The van der Waals surface area contributed by atoms with Crippen LogP contribution in [0.25, 0.3) is 0 Å². The Kier molecular flexibility index (Phi) is 3.43. The number of carbonyl (C=O) groups is 1. The van der Waals surface area contributed by atoms with Gasteiger partial charge in [-0.3, -0.25) is 4.79 Å². The van der Waals surface area contributed by atoms with Crippen LogP contribution in [0.1, 0.15) is 30.1 Å². The topological polar surface area (TPSA) is 90.4 Å². The third-order valence-corrected chi connectivity index (χ3v) is 3.37. The highest BCUT2D eigenvalue weighted by atomic mass is 16.5. The molecule has 5 heteroatoms. The standard InChI is InChI=1S/C13H19N3O2/c1-13(4-6-18-7-5-13)16-11-8-9(12(15)17)2-3-10(11)14/h2-3,8,16H,4-7,14H2,1H3,(H2,15,17). The van der Waals surface area contributed by atoms with Gasteiger partial charge in [0, 0.05) is 24.3 Å². The number of primary amides is 1. The van der Waals surface area contributed by atoms with Crippen molar-refractivity contribution in [2.75, 3.05) is 24.3 Å². The van der Waals surface area contributed by atoms with E-state index in [0.717, 1.165) is 31.7 Å². The van der Waals surface area contributed by atoms with E-state index < -0.39 is 5.91 Å². The number of nitrogen functional groups attached to an aromatic ring is 1. The van der Waals surface area contributed by atoms with E-state index in [9.17, 15) is 4.79 Å². The molecule has 2 rings (SSSR count). The molecule has 1 aliphatic rings. The number of nitrogens with two attached hydrogens (primary N) is 2. The van der Waals surface area contributed by atoms with Crippen LogP contribution in [-0.2, 0) is 4.74 Å². The largest absolute Gasteiger partial charge is 0.397 e. The Balaban J connectivity index is 2.22. The summed E-state index contributed by atoms with van der Waals surface area (Å²) < 4.78 is 5.35. The zero-order valence-corrected chi connectivity index (χ0v) is 10.5. The van der Waals surface area contributed by atoms with Crippen LogP contribution in [0.15, 0.2) is 18.2 Å². The van der Waals surface area contributed by atoms with Crippen LogP contribution in [0.5, 0.6) is 0 Å². The van der Waals surface area contributed by atoms with Crippen molar-refractivity contribution in [3.63, 3.8) is 0 Å². The van der Waals surface area contributed by atoms with Gasteiger partial charge in [0.25, 0.3) is 0 Å². The fourth-order valence-electron chi connectivity index (χ4n) is 2.09. The van der Waals surface area contributed by atoms with E-state index in [0.29, 0.717) is 11.3 Å². The Bertz CT molecular complexity index is 454. The van der Waals surface area contributed by atoms with Gasteiger partial charge >= 0.3 is 0 Å². The van der Waals surface area contributed by atoms with Gasteiger partial charge in [-0.05, 0) is 38.0 Å². The van der Waals surface area contributed by atoms with Gasteiger partial charge in [-0.15, -0.1) is 0 Å². The van der Waals surface area contributed by atoms with Crippen molar-refractivity contribution in [3.8, 4) is 0 Å². The second kappa shape index (κ2) is 4.86. The van der Waals surface area contributed by atoms with Gasteiger partial charge in [0.1, 0.15) is 0 Å². The molecule has 0 bridgehead atoms. The van der Waals surface area contributed by atoms with Gasteiger partial charge in [0.2, 0.25) is 5.91 Å². The lowest BCUT2D eigenvalue weighted by Crippen LogP contribution is -2.40. The fourth-order valence-corrected chi connectivity index (χ4v) is 2.09. The summed E-state index contributed by atoms with van der Waals surface area (Å²) >= 11 is 0. The van der Waals surface area contributed by atoms with Crippen LogP contribution in [0.4, 0.5) is 11.4 Å². The minimum atomic E-state index is -0.449. The number of hydrogen-bond acceptors (Lipinski definition) is 4. The van der Waals surface area contributed by atoms with Crippen LogP contribution in [0, 0.1) is 0 Å².